The number of carbonyl (C=O) groups excluding carboxylic acids is 17. The second-order valence-corrected chi connectivity index (χ2v) is 35.4. The summed E-state index contributed by atoms with van der Waals surface area (Å²) in [6.07, 6.45) is -1.89. The van der Waals surface area contributed by atoms with Crippen LogP contribution in [-0.4, -0.2) is 333 Å². The van der Waals surface area contributed by atoms with E-state index in [1.165, 1.54) is 53.9 Å². The molecular formula is C91H121N21O25S. The number of nitrogens with two attached hydrogens (primary N) is 2. The lowest BCUT2D eigenvalue weighted by Crippen LogP contribution is -2.61. The number of likely N-dealkylation sites (N-methyl/N-ethyl adjacent to an activating group) is 3. The van der Waals surface area contributed by atoms with Crippen molar-refractivity contribution in [1.82, 2.24) is 97.6 Å². The normalized spacial score (nSPS) is 24.4. The number of hydrogen-bond acceptors (Lipinski definition) is 24. The van der Waals surface area contributed by atoms with Crippen LogP contribution in [0.5, 0.6) is 5.75 Å². The minimum absolute atomic E-state index is 0.0965. The molecule has 6 heterocycles. The highest BCUT2D eigenvalue weighted by atomic mass is 32.2. The Labute approximate surface area is 797 Å². The number of nitrogens with zero attached hydrogens (tertiary/aromatic N) is 6. The van der Waals surface area contributed by atoms with Crippen LogP contribution in [0.2, 0.25) is 0 Å². The molecule has 0 spiro atoms. The molecule has 746 valence electrons. The van der Waals surface area contributed by atoms with Gasteiger partial charge in [0, 0.05) is 131 Å². The zero-order valence-electron chi connectivity index (χ0n) is 77.5. The summed E-state index contributed by atoms with van der Waals surface area (Å²) in [5.41, 5.74) is 13.7. The highest BCUT2D eigenvalue weighted by Gasteiger charge is 2.47. The van der Waals surface area contributed by atoms with Gasteiger partial charge in [-0.05, 0) is 86.4 Å². The van der Waals surface area contributed by atoms with Crippen molar-refractivity contribution in [3.05, 3.63) is 120 Å². The Balaban J connectivity index is 1.12. The number of H-pyrrole nitrogens is 3. The monoisotopic (exact) mass is 1940 g/mol. The number of aromatic amines is 3. The number of unbranched alkanes of at least 4 members (excludes halogenated alkanes) is 2. The SMILES string of the molecule is CCCC[C@H]1C(=O)N(C)[C@@H](CCCC)C(=O)N[C@@H](CCC(=O)O)C(=O)N[C@H](C(=O)NCC(N)=O)CSCC(=O)N[C@@H](Cc2ccc(OC)cc2)C(=O)N(C)[C@@H](C)C(=O)N[C@H](CC(N)=O)C(=O)N2CCC[C@H]2C(=O)N[C@@H](Cc2cnc[nH]2)C(=O)N[C@@H](CCC(=O)O)C(=O)N2C[C@H](O)C[C@H]2C(=O)N[C@@H](Cc2c[nH]c3ccccc23)C(=O)N[C@@H](CC(=O)O)C(=O)N[C@@H](Cc2c[nH]c3ccccc23)C(=O)N1C. The van der Waals surface area contributed by atoms with E-state index in [9.17, 15) is 78.0 Å². The first-order valence-corrected chi connectivity index (χ1v) is 46.4. The Morgan fingerprint density at radius 3 is 1.60 bits per heavy atom. The summed E-state index contributed by atoms with van der Waals surface area (Å²) in [5.74, 6) is -23.4. The highest BCUT2D eigenvalue weighted by Crippen LogP contribution is 2.28. The van der Waals surface area contributed by atoms with Crippen molar-refractivity contribution in [2.45, 2.75) is 233 Å². The Hall–Kier alpha value is -14.5. The number of ether oxygens (including phenoxy) is 1. The van der Waals surface area contributed by atoms with Gasteiger partial charge < -0.3 is 129 Å². The lowest BCUT2D eigenvalue weighted by atomic mass is 9.99. The van der Waals surface area contributed by atoms with E-state index in [4.69, 9.17) is 16.2 Å². The van der Waals surface area contributed by atoms with E-state index in [1.54, 1.807) is 92.8 Å². The van der Waals surface area contributed by atoms with Gasteiger partial charge in [-0.25, -0.2) is 4.98 Å². The van der Waals surface area contributed by atoms with E-state index in [2.05, 4.69) is 73.1 Å². The number of aromatic nitrogens is 4. The van der Waals surface area contributed by atoms with Gasteiger partial charge in [-0.1, -0.05) is 88.1 Å². The first-order valence-electron chi connectivity index (χ1n) is 45.3. The topological polar surface area (TPSA) is 680 Å². The van der Waals surface area contributed by atoms with Gasteiger partial charge in [0.15, 0.2) is 0 Å². The molecule has 3 aromatic heterocycles. The average molecular weight is 1940 g/mol. The third-order valence-corrected chi connectivity index (χ3v) is 25.4. The van der Waals surface area contributed by atoms with E-state index in [-0.39, 0.29) is 63.6 Å². The molecule has 46 nitrogen and oxygen atoms in total. The fourth-order valence-corrected chi connectivity index (χ4v) is 17.5. The molecule has 17 amide bonds. The minimum atomic E-state index is -2.12. The molecule has 0 bridgehead atoms. The fraction of sp³-hybridized carbons (Fsp3) is 0.505. The zero-order valence-corrected chi connectivity index (χ0v) is 78.3. The van der Waals surface area contributed by atoms with Crippen LogP contribution in [0.1, 0.15) is 139 Å². The molecule has 3 aromatic carbocycles. The number of hydrogen-bond donors (Lipinski definition) is 19. The van der Waals surface area contributed by atoms with Crippen molar-refractivity contribution in [3.63, 3.8) is 0 Å². The Kier molecular flexibility index (Phi) is 39.5. The molecule has 9 rings (SSSR count). The quantitative estimate of drug-likeness (QED) is 0.0237. The van der Waals surface area contributed by atoms with Crippen molar-refractivity contribution in [3.8, 4) is 5.75 Å². The van der Waals surface area contributed by atoms with Gasteiger partial charge in [-0.15, -0.1) is 11.8 Å². The van der Waals surface area contributed by atoms with Gasteiger partial charge in [-0.3, -0.25) is 95.9 Å². The lowest BCUT2D eigenvalue weighted by Gasteiger charge is -2.36. The molecular weight excluding hydrogens is 1820 g/mol. The number of rotatable bonds is 28. The number of amides is 17. The standard InChI is InChI=1S/C91H121N21O25S/c1-8-10-21-68-84(129)100-59(28-30-75(117)118)80(125)107-67(79(124)97-43-73(93)115)45-138-46-74(116)99-64(33-49-24-26-54(137-7)27-25-49)87(132)108(4)48(3)78(123)105-66(38-72(92)114)90(135)111-32-16-23-69(111)85(130)104-62(36-52-42-94-47-98-52)82(127)101-60(29-31-76(119)120)89(134)112-44-53(113)37-71(112)86(131)103-61(34-50-40-95-57-19-14-12-17-55(50)57)81(126)102-63(39-77(121)122)83(128)106-65(35-51-41-96-58-20-15-13-18-56(51)58)88(133)110(6)70(22-11-9-2)91(136)109(68)5/h12-15,17-20,24-27,40-42,47-48,53,59-71,95-96,113H,8-11,16,21-23,28-39,43-46H2,1-7H3,(H2,92,114)(H2,93,115)(H,94,98)(H,97,124)(H,99,116)(H,100,129)(H,101,127)(H,102,126)(H,103,131)(H,104,130)(H,105,123)(H,106,128)(H,107,125)(H,117,118)(H,119,120)(H,121,122)/t48-,53+,59-,60-,61-,62-,63-,64-,65-,66+,67-,68-,69-,70-,71-/m0/s1. The van der Waals surface area contributed by atoms with E-state index in [0.717, 1.165) is 24.5 Å². The Morgan fingerprint density at radius 2 is 1.02 bits per heavy atom. The van der Waals surface area contributed by atoms with Gasteiger partial charge >= 0.3 is 17.9 Å². The minimum Gasteiger partial charge on any atom is -0.497 e. The highest BCUT2D eigenvalue weighted by molar-refractivity contribution is 8.00. The van der Waals surface area contributed by atoms with Gasteiger partial charge in [0.2, 0.25) is 100 Å². The van der Waals surface area contributed by atoms with Crippen LogP contribution < -0.4 is 69.4 Å². The van der Waals surface area contributed by atoms with Crippen molar-refractivity contribution >= 4 is 152 Å². The summed E-state index contributed by atoms with van der Waals surface area (Å²) in [6.45, 7) is 3.19. The molecule has 21 N–H and O–H groups in total. The molecule has 3 saturated heterocycles. The first kappa shape index (κ1) is 107. The number of carboxylic acids is 3. The van der Waals surface area contributed by atoms with Crippen molar-refractivity contribution in [2.24, 2.45) is 11.5 Å². The predicted octanol–water partition coefficient (Wildman–Crippen LogP) is -2.72. The summed E-state index contributed by atoms with van der Waals surface area (Å²) in [7, 11) is 5.11. The Morgan fingerprint density at radius 1 is 0.507 bits per heavy atom. The number of primary amides is 2. The van der Waals surface area contributed by atoms with Crippen LogP contribution in [0.4, 0.5) is 0 Å². The molecule has 138 heavy (non-hydrogen) atoms. The fourth-order valence-electron chi connectivity index (χ4n) is 16.7. The lowest BCUT2D eigenvalue weighted by molar-refractivity contribution is -0.149. The number of methoxy groups -OCH3 is 1. The molecule has 0 unspecified atom stereocenters. The number of aliphatic hydroxyl groups is 1. The molecule has 0 saturated carbocycles. The van der Waals surface area contributed by atoms with Crippen LogP contribution in [0.3, 0.4) is 0 Å². The van der Waals surface area contributed by atoms with Crippen LogP contribution >= 0.6 is 11.8 Å². The number of nitrogens with one attached hydrogen (secondary N) is 13. The number of aliphatic hydroxyl groups excluding tert-OH is 1. The molecule has 3 aliphatic heterocycles. The van der Waals surface area contributed by atoms with E-state index < -0.39 is 291 Å². The number of thioether (sulfide) groups is 1. The number of fused-ring (bicyclic) bond motifs is 4. The number of imidazole rings is 1. The first-order chi connectivity index (χ1) is 65.7. The number of benzene rings is 3. The summed E-state index contributed by atoms with van der Waals surface area (Å²) in [5, 5.41) is 68.5. The summed E-state index contributed by atoms with van der Waals surface area (Å²) in [4.78, 5) is 306. The second-order valence-electron chi connectivity index (χ2n) is 34.3. The largest absolute Gasteiger partial charge is 0.497 e. The second kappa shape index (κ2) is 50.9. The van der Waals surface area contributed by atoms with Gasteiger partial charge in [0.1, 0.15) is 90.3 Å². The van der Waals surface area contributed by atoms with Crippen molar-refractivity contribution in [1.29, 1.82) is 0 Å². The maximum absolute atomic E-state index is 15.8. The Bertz CT molecular complexity index is 5420. The number of para-hydroxylation sites is 2. The molecule has 47 heteroatoms. The molecule has 15 atom stereocenters. The van der Waals surface area contributed by atoms with E-state index >= 15 is 38.4 Å². The van der Waals surface area contributed by atoms with E-state index in [0.29, 0.717) is 68.8 Å². The summed E-state index contributed by atoms with van der Waals surface area (Å²) >= 11 is 0.701. The maximum atomic E-state index is 15.8. The molecule has 3 aliphatic rings. The third kappa shape index (κ3) is 29.7. The number of aliphatic carboxylic acids is 3. The van der Waals surface area contributed by atoms with E-state index in [1.807, 2.05) is 0 Å². The van der Waals surface area contributed by atoms with Gasteiger partial charge in [0.05, 0.1) is 44.7 Å². The molecule has 6 aromatic rings. The van der Waals surface area contributed by atoms with Crippen LogP contribution in [-0.2, 0) is 122 Å². The summed E-state index contributed by atoms with van der Waals surface area (Å²) in [6, 6.07) is -4.16. The van der Waals surface area contributed by atoms with Crippen LogP contribution in [0.25, 0.3) is 21.8 Å². The molecule has 0 aliphatic carbocycles. The summed E-state index contributed by atoms with van der Waals surface area (Å²) < 4.78 is 5.32. The van der Waals surface area contributed by atoms with Gasteiger partial charge in [-0.2, -0.15) is 0 Å². The van der Waals surface area contributed by atoms with Crippen LogP contribution in [0, 0.1) is 0 Å². The zero-order chi connectivity index (χ0) is 101. The van der Waals surface area contributed by atoms with Crippen molar-refractivity contribution < 1.29 is 121 Å². The average Bonchev–Trinajstić information content (AvgIpc) is 1.71. The smallest absolute Gasteiger partial charge is 0.305 e. The van der Waals surface area contributed by atoms with Crippen molar-refractivity contribution in [2.75, 3.05) is 59.4 Å². The number of carbonyl (C=O) groups is 20. The third-order valence-electron chi connectivity index (χ3n) is 24.3. The molecule has 3 fully saturated rings. The van der Waals surface area contributed by atoms with Gasteiger partial charge in [0.25, 0.3) is 0 Å². The molecule has 0 radical (unpaired) electrons. The van der Waals surface area contributed by atoms with Crippen LogP contribution in [0.15, 0.2) is 97.7 Å². The maximum Gasteiger partial charge on any atom is 0.305 e. The predicted molar refractivity (Wildman–Crippen MR) is 495 cm³/mol. The number of carboxylic acid groups (broad SMARTS) is 3.